The lowest BCUT2D eigenvalue weighted by Gasteiger charge is -2.02. The van der Waals surface area contributed by atoms with E-state index in [2.05, 4.69) is 4.74 Å². The Morgan fingerprint density at radius 3 is 2.20 bits per heavy atom. The summed E-state index contributed by atoms with van der Waals surface area (Å²) in [6.07, 6.45) is 1.49. The number of hydrogen-bond donors (Lipinski definition) is 0. The van der Waals surface area contributed by atoms with Crippen LogP contribution in [0.4, 0.5) is 0 Å². The van der Waals surface area contributed by atoms with Crippen LogP contribution in [0.5, 0.6) is 0 Å². The van der Waals surface area contributed by atoms with Crippen LogP contribution in [0.3, 0.4) is 0 Å². The first-order chi connectivity index (χ1) is 7.01. The van der Waals surface area contributed by atoms with E-state index in [0.29, 0.717) is 5.56 Å². The lowest BCUT2D eigenvalue weighted by Crippen LogP contribution is -2.01. The maximum absolute atomic E-state index is 11.4. The van der Waals surface area contributed by atoms with Gasteiger partial charge in [0.05, 0.1) is 17.6 Å². The molecule has 82 valence electrons. The quantitative estimate of drug-likeness (QED) is 0.598. The van der Waals surface area contributed by atoms with Crippen LogP contribution in [0.15, 0.2) is 29.2 Å². The molecule has 0 atom stereocenters. The van der Waals surface area contributed by atoms with E-state index in [4.69, 9.17) is 0 Å². The Morgan fingerprint density at radius 2 is 1.80 bits per heavy atom. The van der Waals surface area contributed by atoms with E-state index in [1.54, 1.807) is 0 Å². The van der Waals surface area contributed by atoms with Crippen molar-refractivity contribution in [1.29, 1.82) is 0 Å². The van der Waals surface area contributed by atoms with E-state index in [0.717, 1.165) is 10.8 Å². The summed E-state index contributed by atoms with van der Waals surface area (Å²) in [5, 5.41) is 0. The highest BCUT2D eigenvalue weighted by Crippen LogP contribution is 2.20. The molecule has 0 heterocycles. The van der Waals surface area contributed by atoms with Crippen molar-refractivity contribution < 1.29 is 17.9 Å². The van der Waals surface area contributed by atoms with E-state index < -0.39 is 14.8 Å². The first-order valence-corrected chi connectivity index (χ1v) is 7.22. The number of esters is 1. The zero-order valence-corrected chi connectivity index (χ0v) is 9.89. The number of hydrogen-bond acceptors (Lipinski definition) is 5. The van der Waals surface area contributed by atoms with Gasteiger partial charge in [0.1, 0.15) is 0 Å². The van der Waals surface area contributed by atoms with Gasteiger partial charge in [-0.3, -0.25) is 0 Å². The summed E-state index contributed by atoms with van der Waals surface area (Å²) < 4.78 is 27.3. The molecule has 0 fully saturated rings. The SMILES string of the molecule is COC(=O)c1ccc(S(=O)(=O)SC)cc1. The van der Waals surface area contributed by atoms with Crippen molar-refractivity contribution in [3.63, 3.8) is 0 Å². The molecule has 0 saturated carbocycles. The van der Waals surface area contributed by atoms with Crippen LogP contribution in [-0.2, 0) is 13.6 Å². The second-order valence-electron chi connectivity index (χ2n) is 2.64. The Morgan fingerprint density at radius 1 is 1.27 bits per heavy atom. The predicted octanol–water partition coefficient (Wildman–Crippen LogP) is 1.52. The molecule has 1 rings (SSSR count). The van der Waals surface area contributed by atoms with Crippen molar-refractivity contribution in [3.8, 4) is 0 Å². The first kappa shape index (κ1) is 12.1. The number of benzene rings is 1. The minimum absolute atomic E-state index is 0.183. The summed E-state index contributed by atoms with van der Waals surface area (Å²) in [6.45, 7) is 0. The van der Waals surface area contributed by atoms with Crippen molar-refractivity contribution in [2.24, 2.45) is 0 Å². The molecule has 0 spiro atoms. The van der Waals surface area contributed by atoms with E-state index in [-0.39, 0.29) is 4.90 Å². The molecule has 0 amide bonds. The van der Waals surface area contributed by atoms with E-state index in [1.165, 1.54) is 37.6 Å². The standard InChI is InChI=1S/C9H10O4S2/c1-13-9(10)7-3-5-8(6-4-7)15(11,12)14-2/h3-6H,1-2H3. The van der Waals surface area contributed by atoms with Crippen molar-refractivity contribution in [2.45, 2.75) is 4.90 Å². The van der Waals surface area contributed by atoms with Crippen LogP contribution in [0.1, 0.15) is 10.4 Å². The van der Waals surface area contributed by atoms with Crippen LogP contribution in [0, 0.1) is 0 Å². The zero-order chi connectivity index (χ0) is 11.5. The van der Waals surface area contributed by atoms with Gasteiger partial charge in [-0.15, -0.1) is 0 Å². The van der Waals surface area contributed by atoms with Gasteiger partial charge in [0.25, 0.3) is 0 Å². The van der Waals surface area contributed by atoms with Crippen LogP contribution >= 0.6 is 10.8 Å². The van der Waals surface area contributed by atoms with Crippen molar-refractivity contribution >= 4 is 25.6 Å². The number of methoxy groups -OCH3 is 1. The van der Waals surface area contributed by atoms with Gasteiger partial charge >= 0.3 is 5.97 Å². The largest absolute Gasteiger partial charge is 0.465 e. The topological polar surface area (TPSA) is 60.4 Å². The Balaban J connectivity index is 3.06. The van der Waals surface area contributed by atoms with Crippen LogP contribution in [0.25, 0.3) is 0 Å². The molecule has 0 radical (unpaired) electrons. The smallest absolute Gasteiger partial charge is 0.337 e. The predicted molar refractivity (Wildman–Crippen MR) is 58.5 cm³/mol. The summed E-state index contributed by atoms with van der Waals surface area (Å²) in [7, 11) is -1.25. The molecule has 0 bridgehead atoms. The lowest BCUT2D eigenvalue weighted by molar-refractivity contribution is 0.0600. The second-order valence-corrected chi connectivity index (χ2v) is 6.67. The van der Waals surface area contributed by atoms with Crippen molar-refractivity contribution in [2.75, 3.05) is 13.4 Å². The number of ether oxygens (including phenoxy) is 1. The third kappa shape index (κ3) is 2.73. The Labute approximate surface area is 91.9 Å². The summed E-state index contributed by atoms with van der Waals surface area (Å²) in [5.74, 6) is -0.483. The molecular weight excluding hydrogens is 236 g/mol. The van der Waals surface area contributed by atoms with Gasteiger partial charge in [0, 0.05) is 0 Å². The highest BCUT2D eigenvalue weighted by atomic mass is 33.1. The third-order valence-electron chi connectivity index (χ3n) is 1.78. The molecule has 0 saturated heterocycles. The van der Waals surface area contributed by atoms with Crippen molar-refractivity contribution in [1.82, 2.24) is 0 Å². The minimum atomic E-state index is -3.28. The van der Waals surface area contributed by atoms with Gasteiger partial charge < -0.3 is 4.74 Å². The molecule has 0 unspecified atom stereocenters. The highest BCUT2D eigenvalue weighted by Gasteiger charge is 2.13. The minimum Gasteiger partial charge on any atom is -0.465 e. The summed E-state index contributed by atoms with van der Waals surface area (Å²) >= 11 is 0. The van der Waals surface area contributed by atoms with E-state index in [1.807, 2.05) is 0 Å². The number of carbonyl (C=O) groups is 1. The first-order valence-electron chi connectivity index (χ1n) is 4.00. The Hall–Kier alpha value is -1.01. The van der Waals surface area contributed by atoms with Gasteiger partial charge in [-0.25, -0.2) is 13.2 Å². The molecule has 1 aromatic carbocycles. The fourth-order valence-electron chi connectivity index (χ4n) is 0.972. The molecule has 0 aliphatic heterocycles. The lowest BCUT2D eigenvalue weighted by atomic mass is 10.2. The van der Waals surface area contributed by atoms with Gasteiger partial charge in [0.15, 0.2) is 0 Å². The number of rotatable bonds is 3. The summed E-state index contributed by atoms with van der Waals surface area (Å²) in [5.41, 5.74) is 0.331. The van der Waals surface area contributed by atoms with E-state index >= 15 is 0 Å². The van der Waals surface area contributed by atoms with Crippen molar-refractivity contribution in [3.05, 3.63) is 29.8 Å². The van der Waals surface area contributed by atoms with Gasteiger partial charge in [0.2, 0.25) is 8.87 Å². The molecule has 0 aromatic heterocycles. The Kier molecular flexibility index (Phi) is 3.76. The average Bonchev–Trinajstić information content (AvgIpc) is 2.28. The fraction of sp³-hybridized carbons (Fsp3) is 0.222. The van der Waals surface area contributed by atoms with Gasteiger partial charge in [-0.05, 0) is 41.3 Å². The fourth-order valence-corrected chi connectivity index (χ4v) is 2.54. The second kappa shape index (κ2) is 4.67. The monoisotopic (exact) mass is 246 g/mol. The zero-order valence-electron chi connectivity index (χ0n) is 8.26. The molecule has 6 heteroatoms. The molecule has 15 heavy (non-hydrogen) atoms. The maximum atomic E-state index is 11.4. The summed E-state index contributed by atoms with van der Waals surface area (Å²) in [6, 6.07) is 5.63. The highest BCUT2D eigenvalue weighted by molar-refractivity contribution is 8.71. The van der Waals surface area contributed by atoms with Crippen LogP contribution in [0.2, 0.25) is 0 Å². The van der Waals surface area contributed by atoms with Gasteiger partial charge in [-0.1, -0.05) is 0 Å². The molecule has 0 aliphatic carbocycles. The molecule has 4 nitrogen and oxygen atoms in total. The Bertz CT molecular complexity index is 448. The average molecular weight is 246 g/mol. The molecular formula is C9H10O4S2. The van der Waals surface area contributed by atoms with E-state index in [9.17, 15) is 13.2 Å². The van der Waals surface area contributed by atoms with Crippen LogP contribution in [-0.4, -0.2) is 27.8 Å². The maximum Gasteiger partial charge on any atom is 0.337 e. The molecule has 0 N–H and O–H groups in total. The molecule has 0 aliphatic rings. The van der Waals surface area contributed by atoms with Crippen LogP contribution < -0.4 is 0 Å². The van der Waals surface area contributed by atoms with Gasteiger partial charge in [-0.2, -0.15) is 0 Å². The summed E-state index contributed by atoms with van der Waals surface area (Å²) in [4.78, 5) is 11.3. The molecule has 1 aromatic rings. The third-order valence-corrected chi connectivity index (χ3v) is 4.97. The number of carbonyl (C=O) groups excluding carboxylic acids is 1. The normalized spacial score (nSPS) is 11.1.